The van der Waals surface area contributed by atoms with Gasteiger partial charge in [0.25, 0.3) is 0 Å². The van der Waals surface area contributed by atoms with Crippen LogP contribution in [0.4, 0.5) is 0 Å². The fourth-order valence-electron chi connectivity index (χ4n) is 3.64. The molecular formula is C21H27NO5S. The van der Waals surface area contributed by atoms with Crippen molar-refractivity contribution in [1.82, 2.24) is 4.31 Å². The molecule has 0 aromatic heterocycles. The van der Waals surface area contributed by atoms with Crippen LogP contribution in [0, 0.1) is 0 Å². The summed E-state index contributed by atoms with van der Waals surface area (Å²) in [6.45, 7) is 0.472. The third-order valence-corrected chi connectivity index (χ3v) is 7.09. The molecule has 0 saturated carbocycles. The van der Waals surface area contributed by atoms with Crippen LogP contribution in [-0.4, -0.2) is 40.6 Å². The molecule has 0 N–H and O–H groups in total. The smallest absolute Gasteiger partial charge is 0.247 e. The van der Waals surface area contributed by atoms with E-state index >= 15 is 0 Å². The molecule has 0 spiro atoms. The number of rotatable bonds is 6. The third kappa shape index (κ3) is 4.10. The van der Waals surface area contributed by atoms with Crippen molar-refractivity contribution in [3.05, 3.63) is 48.0 Å². The molecule has 0 aliphatic carbocycles. The van der Waals surface area contributed by atoms with Gasteiger partial charge < -0.3 is 14.2 Å². The number of hydrogen-bond donors (Lipinski definition) is 0. The lowest BCUT2D eigenvalue weighted by Gasteiger charge is -2.30. The average Bonchev–Trinajstić information content (AvgIpc) is 3.00. The van der Waals surface area contributed by atoms with Crippen LogP contribution >= 0.6 is 0 Å². The van der Waals surface area contributed by atoms with Gasteiger partial charge in [-0.05, 0) is 42.7 Å². The number of benzene rings is 2. The minimum atomic E-state index is -3.78. The molecule has 0 unspecified atom stereocenters. The van der Waals surface area contributed by atoms with Gasteiger partial charge in [-0.3, -0.25) is 0 Å². The normalized spacial score (nSPS) is 18.3. The first-order chi connectivity index (χ1) is 13.5. The first-order valence-corrected chi connectivity index (χ1v) is 10.8. The number of hydrogen-bond acceptors (Lipinski definition) is 5. The molecule has 1 heterocycles. The Morgan fingerprint density at radius 3 is 2.18 bits per heavy atom. The lowest BCUT2D eigenvalue weighted by Crippen LogP contribution is -2.35. The lowest BCUT2D eigenvalue weighted by atomic mass is 10.0. The van der Waals surface area contributed by atoms with Crippen molar-refractivity contribution in [2.45, 2.75) is 36.6 Å². The highest BCUT2D eigenvalue weighted by molar-refractivity contribution is 7.89. The van der Waals surface area contributed by atoms with E-state index in [0.717, 1.165) is 37.0 Å². The highest BCUT2D eigenvalue weighted by atomic mass is 32.2. The van der Waals surface area contributed by atoms with Crippen molar-refractivity contribution >= 4 is 10.0 Å². The van der Waals surface area contributed by atoms with E-state index in [1.54, 1.807) is 23.5 Å². The molecular weight excluding hydrogens is 378 g/mol. The predicted molar refractivity (Wildman–Crippen MR) is 108 cm³/mol. The fourth-order valence-corrected chi connectivity index (χ4v) is 5.50. The average molecular weight is 406 g/mol. The Bertz CT molecular complexity index is 896. The van der Waals surface area contributed by atoms with Gasteiger partial charge in [0.1, 0.15) is 22.1 Å². The van der Waals surface area contributed by atoms with Crippen molar-refractivity contribution < 1.29 is 22.6 Å². The summed E-state index contributed by atoms with van der Waals surface area (Å²) in [5, 5.41) is 0. The first kappa shape index (κ1) is 20.5. The van der Waals surface area contributed by atoms with E-state index < -0.39 is 10.0 Å². The molecule has 2 aromatic rings. The number of sulfonamides is 1. The van der Waals surface area contributed by atoms with Gasteiger partial charge in [0.05, 0.1) is 27.4 Å². The summed E-state index contributed by atoms with van der Waals surface area (Å²) < 4.78 is 44.8. The zero-order valence-corrected chi connectivity index (χ0v) is 17.4. The van der Waals surface area contributed by atoms with Gasteiger partial charge in [0.15, 0.2) is 0 Å². The van der Waals surface area contributed by atoms with Crippen molar-refractivity contribution in [3.8, 4) is 17.2 Å². The molecule has 1 saturated heterocycles. The third-order valence-electron chi connectivity index (χ3n) is 5.16. The Morgan fingerprint density at radius 1 is 0.857 bits per heavy atom. The van der Waals surface area contributed by atoms with Crippen LogP contribution in [0.3, 0.4) is 0 Å². The highest BCUT2D eigenvalue weighted by Gasteiger charge is 2.35. The number of nitrogens with zero attached hydrogens (tertiary/aromatic N) is 1. The molecule has 1 aliphatic rings. The molecule has 152 valence electrons. The highest BCUT2D eigenvalue weighted by Crippen LogP contribution is 2.38. The predicted octanol–water partition coefficient (Wildman–Crippen LogP) is 4.02. The SMILES string of the molecule is COc1ccc([C@H]2CCCCCN2S(=O)(=O)c2cc(OC)ccc2OC)cc1. The molecule has 3 rings (SSSR count). The number of ether oxygens (including phenoxy) is 3. The van der Waals surface area contributed by atoms with E-state index in [0.29, 0.717) is 18.0 Å². The standard InChI is InChI=1S/C21H27NO5S/c1-25-17-10-8-16(9-11-17)19-7-5-4-6-14-22(19)28(23,24)21-15-18(26-2)12-13-20(21)27-3/h8-13,15,19H,4-7,14H2,1-3H3/t19-/m1/s1. The van der Waals surface area contributed by atoms with Crippen LogP contribution in [0.15, 0.2) is 47.4 Å². The van der Waals surface area contributed by atoms with Crippen LogP contribution in [0.1, 0.15) is 37.3 Å². The zero-order chi connectivity index (χ0) is 20.1. The maximum absolute atomic E-state index is 13.7. The van der Waals surface area contributed by atoms with Crippen molar-refractivity contribution in [1.29, 1.82) is 0 Å². The fraction of sp³-hybridized carbons (Fsp3) is 0.429. The Balaban J connectivity index is 2.06. The van der Waals surface area contributed by atoms with E-state index in [1.807, 2.05) is 24.3 Å². The van der Waals surface area contributed by atoms with Gasteiger partial charge in [-0.25, -0.2) is 8.42 Å². The van der Waals surface area contributed by atoms with Gasteiger partial charge in [-0.2, -0.15) is 4.31 Å². The van der Waals surface area contributed by atoms with Crippen LogP contribution in [0.2, 0.25) is 0 Å². The molecule has 0 radical (unpaired) electrons. The van der Waals surface area contributed by atoms with Gasteiger partial charge in [0, 0.05) is 12.6 Å². The molecule has 1 atom stereocenters. The van der Waals surface area contributed by atoms with Crippen molar-refractivity contribution in [2.75, 3.05) is 27.9 Å². The zero-order valence-electron chi connectivity index (χ0n) is 16.6. The van der Waals surface area contributed by atoms with Gasteiger partial charge in [0.2, 0.25) is 10.0 Å². The molecule has 1 aliphatic heterocycles. The second-order valence-corrected chi connectivity index (χ2v) is 8.63. The van der Waals surface area contributed by atoms with Crippen LogP contribution < -0.4 is 14.2 Å². The van der Waals surface area contributed by atoms with Crippen molar-refractivity contribution in [3.63, 3.8) is 0 Å². The molecule has 1 fully saturated rings. The van der Waals surface area contributed by atoms with Gasteiger partial charge in [-0.15, -0.1) is 0 Å². The van der Waals surface area contributed by atoms with E-state index in [4.69, 9.17) is 14.2 Å². The lowest BCUT2D eigenvalue weighted by molar-refractivity contribution is 0.325. The summed E-state index contributed by atoms with van der Waals surface area (Å²) in [5.74, 6) is 1.55. The molecule has 2 aromatic carbocycles. The van der Waals surface area contributed by atoms with E-state index in [2.05, 4.69) is 0 Å². The quantitative estimate of drug-likeness (QED) is 0.726. The maximum Gasteiger partial charge on any atom is 0.247 e. The Morgan fingerprint density at radius 2 is 1.54 bits per heavy atom. The Kier molecular flexibility index (Phi) is 6.46. The van der Waals surface area contributed by atoms with Crippen LogP contribution in [0.25, 0.3) is 0 Å². The van der Waals surface area contributed by atoms with Crippen LogP contribution in [0.5, 0.6) is 17.2 Å². The van der Waals surface area contributed by atoms with E-state index in [1.165, 1.54) is 20.3 Å². The Labute approximate surface area is 167 Å². The minimum Gasteiger partial charge on any atom is -0.497 e. The molecule has 0 amide bonds. The van der Waals surface area contributed by atoms with Gasteiger partial charge in [-0.1, -0.05) is 25.0 Å². The molecule has 28 heavy (non-hydrogen) atoms. The maximum atomic E-state index is 13.7. The monoisotopic (exact) mass is 405 g/mol. The summed E-state index contributed by atoms with van der Waals surface area (Å²) in [5.41, 5.74) is 0.966. The topological polar surface area (TPSA) is 65.1 Å². The summed E-state index contributed by atoms with van der Waals surface area (Å²) in [7, 11) is 0.835. The first-order valence-electron chi connectivity index (χ1n) is 9.39. The van der Waals surface area contributed by atoms with Gasteiger partial charge >= 0.3 is 0 Å². The van der Waals surface area contributed by atoms with E-state index in [9.17, 15) is 8.42 Å². The van der Waals surface area contributed by atoms with E-state index in [-0.39, 0.29) is 10.9 Å². The summed E-state index contributed by atoms with van der Waals surface area (Å²) in [6, 6.07) is 12.3. The summed E-state index contributed by atoms with van der Waals surface area (Å²) in [4.78, 5) is 0.134. The Hall–Kier alpha value is -2.25. The largest absolute Gasteiger partial charge is 0.497 e. The minimum absolute atomic E-state index is 0.134. The van der Waals surface area contributed by atoms with Crippen molar-refractivity contribution in [2.24, 2.45) is 0 Å². The summed E-state index contributed by atoms with van der Waals surface area (Å²) in [6.07, 6.45) is 3.60. The summed E-state index contributed by atoms with van der Waals surface area (Å²) >= 11 is 0. The molecule has 6 nitrogen and oxygen atoms in total. The second-order valence-electron chi connectivity index (χ2n) is 6.77. The molecule has 0 bridgehead atoms. The second kappa shape index (κ2) is 8.84. The molecule has 7 heteroatoms. The van der Waals surface area contributed by atoms with Crippen LogP contribution in [-0.2, 0) is 10.0 Å². The number of methoxy groups -OCH3 is 3.